The lowest BCUT2D eigenvalue weighted by Gasteiger charge is -2.36. The minimum absolute atomic E-state index is 0.0721. The SMILES string of the molecule is CCc1cccc2cc(O)cc(-c3ncc4c(N5C6CCCC5CC6)nc(OC)nc4c3F)c12. The van der Waals surface area contributed by atoms with Crippen LogP contribution >= 0.6 is 0 Å². The molecule has 2 aliphatic rings. The second-order valence-electron chi connectivity index (χ2n) is 9.30. The van der Waals surface area contributed by atoms with Gasteiger partial charge in [-0.2, -0.15) is 9.97 Å². The number of methoxy groups -OCH3 is 1. The van der Waals surface area contributed by atoms with Crippen molar-refractivity contribution in [1.29, 1.82) is 0 Å². The van der Waals surface area contributed by atoms with Gasteiger partial charge in [-0.25, -0.2) is 4.39 Å². The second-order valence-corrected chi connectivity index (χ2v) is 9.30. The topological polar surface area (TPSA) is 71.4 Å². The predicted molar refractivity (Wildman–Crippen MR) is 131 cm³/mol. The Morgan fingerprint density at radius 1 is 1.12 bits per heavy atom. The summed E-state index contributed by atoms with van der Waals surface area (Å²) in [5, 5.41) is 12.7. The van der Waals surface area contributed by atoms with Gasteiger partial charge in [-0.05, 0) is 67.0 Å². The molecule has 2 aliphatic heterocycles. The number of hydrogen-bond donors (Lipinski definition) is 1. The van der Waals surface area contributed by atoms with E-state index in [1.807, 2.05) is 18.2 Å². The van der Waals surface area contributed by atoms with Crippen molar-refractivity contribution in [1.82, 2.24) is 15.0 Å². The van der Waals surface area contributed by atoms with Crippen LogP contribution in [0.15, 0.2) is 36.5 Å². The minimum atomic E-state index is -0.526. The van der Waals surface area contributed by atoms with Crippen molar-refractivity contribution in [2.45, 2.75) is 57.5 Å². The van der Waals surface area contributed by atoms with Gasteiger partial charge in [0.25, 0.3) is 0 Å². The van der Waals surface area contributed by atoms with Gasteiger partial charge in [0, 0.05) is 23.8 Å². The first-order valence-corrected chi connectivity index (χ1v) is 12.0. The molecule has 2 fully saturated rings. The van der Waals surface area contributed by atoms with Crippen LogP contribution in [0.25, 0.3) is 32.9 Å². The lowest BCUT2D eigenvalue weighted by molar-refractivity contribution is 0.379. The standard InChI is InChI=1S/C27H27FN4O2/c1-3-15-6-4-7-16-12-19(33)13-20(22(15)16)24-23(28)25-21(14-29-24)26(31-27(30-25)34-2)32-17-8-5-9-18(32)11-10-17/h4,6-7,12-14,17-18,33H,3,5,8-11H2,1-2H3. The molecule has 4 aromatic rings. The molecule has 1 N–H and O–H groups in total. The molecule has 6 rings (SSSR count). The number of piperidine rings is 1. The molecule has 2 aromatic carbocycles. The molecule has 0 amide bonds. The molecule has 174 valence electrons. The van der Waals surface area contributed by atoms with Crippen molar-refractivity contribution in [3.8, 4) is 23.0 Å². The number of pyridine rings is 1. The maximum atomic E-state index is 16.2. The molecule has 0 saturated carbocycles. The number of ether oxygens (including phenoxy) is 1. The van der Waals surface area contributed by atoms with Gasteiger partial charge < -0.3 is 14.7 Å². The summed E-state index contributed by atoms with van der Waals surface area (Å²) in [5.41, 5.74) is 1.99. The van der Waals surface area contributed by atoms with E-state index in [9.17, 15) is 5.11 Å². The van der Waals surface area contributed by atoms with E-state index in [1.165, 1.54) is 13.5 Å². The summed E-state index contributed by atoms with van der Waals surface area (Å²) in [5.74, 6) is 0.256. The Bertz CT molecular complexity index is 1410. The smallest absolute Gasteiger partial charge is 0.318 e. The fraction of sp³-hybridized carbons (Fsp3) is 0.370. The quantitative estimate of drug-likeness (QED) is 0.418. The number of aromatic nitrogens is 3. The van der Waals surface area contributed by atoms with Crippen molar-refractivity contribution in [3.63, 3.8) is 0 Å². The van der Waals surface area contributed by atoms with Crippen LogP contribution in [0, 0.1) is 5.82 Å². The molecule has 2 aromatic heterocycles. The Kier molecular flexibility index (Phi) is 5.01. The molecule has 4 heterocycles. The third-order valence-corrected chi connectivity index (χ3v) is 7.45. The summed E-state index contributed by atoms with van der Waals surface area (Å²) in [6, 6.07) is 10.2. The van der Waals surface area contributed by atoms with Gasteiger partial charge in [0.1, 0.15) is 22.8 Å². The van der Waals surface area contributed by atoms with Crippen molar-refractivity contribution in [2.24, 2.45) is 0 Å². The number of aryl methyl sites for hydroxylation is 1. The fourth-order valence-corrected chi connectivity index (χ4v) is 5.93. The summed E-state index contributed by atoms with van der Waals surface area (Å²) < 4.78 is 21.6. The lowest BCUT2D eigenvalue weighted by atomic mass is 9.95. The number of halogens is 1. The van der Waals surface area contributed by atoms with Crippen molar-refractivity contribution >= 4 is 27.5 Å². The van der Waals surface area contributed by atoms with Gasteiger partial charge in [0.2, 0.25) is 0 Å². The number of fused-ring (bicyclic) bond motifs is 4. The van der Waals surface area contributed by atoms with E-state index >= 15 is 4.39 Å². The van der Waals surface area contributed by atoms with E-state index in [0.29, 0.717) is 28.9 Å². The zero-order valence-electron chi connectivity index (χ0n) is 19.4. The Labute approximate surface area is 197 Å². The Morgan fingerprint density at radius 3 is 2.65 bits per heavy atom. The first-order chi connectivity index (χ1) is 16.6. The van der Waals surface area contributed by atoms with Gasteiger partial charge in [-0.1, -0.05) is 25.1 Å². The van der Waals surface area contributed by atoms with Crippen LogP contribution in [0.5, 0.6) is 11.8 Å². The number of hydrogen-bond acceptors (Lipinski definition) is 6. The Hall–Kier alpha value is -3.48. The summed E-state index contributed by atoms with van der Waals surface area (Å²) in [6.07, 6.45) is 8.17. The van der Waals surface area contributed by atoms with Crippen molar-refractivity contribution in [3.05, 3.63) is 47.9 Å². The van der Waals surface area contributed by atoms with E-state index in [-0.39, 0.29) is 23.0 Å². The van der Waals surface area contributed by atoms with Crippen LogP contribution in [0.3, 0.4) is 0 Å². The molecule has 34 heavy (non-hydrogen) atoms. The normalized spacial score (nSPS) is 19.8. The number of aromatic hydroxyl groups is 1. The van der Waals surface area contributed by atoms with E-state index in [4.69, 9.17) is 4.74 Å². The maximum Gasteiger partial charge on any atom is 0.318 e. The molecular weight excluding hydrogens is 431 g/mol. The maximum absolute atomic E-state index is 16.2. The highest BCUT2D eigenvalue weighted by molar-refractivity contribution is 6.01. The minimum Gasteiger partial charge on any atom is -0.508 e. The zero-order chi connectivity index (χ0) is 23.4. The summed E-state index contributed by atoms with van der Waals surface area (Å²) in [7, 11) is 1.51. The van der Waals surface area contributed by atoms with E-state index in [1.54, 1.807) is 18.3 Å². The molecule has 2 saturated heterocycles. The average molecular weight is 459 g/mol. The Balaban J connectivity index is 1.61. The van der Waals surface area contributed by atoms with Crippen molar-refractivity contribution < 1.29 is 14.2 Å². The molecule has 2 atom stereocenters. The van der Waals surface area contributed by atoms with Crippen molar-refractivity contribution in [2.75, 3.05) is 12.0 Å². The molecular formula is C27H27FN4O2. The van der Waals surface area contributed by atoms with Gasteiger partial charge in [0.15, 0.2) is 5.82 Å². The predicted octanol–water partition coefficient (Wildman–Crippen LogP) is 5.78. The van der Waals surface area contributed by atoms with Gasteiger partial charge in [-0.15, -0.1) is 0 Å². The lowest BCUT2D eigenvalue weighted by Crippen LogP contribution is -2.40. The van der Waals surface area contributed by atoms with Crippen LogP contribution in [-0.4, -0.2) is 39.3 Å². The van der Waals surface area contributed by atoms with Crippen LogP contribution in [0.2, 0.25) is 0 Å². The van der Waals surface area contributed by atoms with E-state index in [0.717, 1.165) is 48.4 Å². The first kappa shape index (κ1) is 21.1. The molecule has 0 spiro atoms. The number of phenols is 1. The highest BCUT2D eigenvalue weighted by atomic mass is 19.1. The number of rotatable bonds is 4. The first-order valence-electron chi connectivity index (χ1n) is 12.0. The fourth-order valence-electron chi connectivity index (χ4n) is 5.93. The average Bonchev–Trinajstić information content (AvgIpc) is 3.10. The van der Waals surface area contributed by atoms with Gasteiger partial charge in [0.05, 0.1) is 12.5 Å². The molecule has 6 nitrogen and oxygen atoms in total. The molecule has 2 unspecified atom stereocenters. The second kappa shape index (κ2) is 8.08. The van der Waals surface area contributed by atoms with E-state index < -0.39 is 5.82 Å². The largest absolute Gasteiger partial charge is 0.508 e. The number of anilines is 1. The van der Waals surface area contributed by atoms with Crippen LogP contribution in [0.4, 0.5) is 10.2 Å². The third kappa shape index (κ3) is 3.17. The molecule has 2 bridgehead atoms. The number of phenolic OH excluding ortho intramolecular Hbond substituents is 1. The summed E-state index contributed by atoms with van der Waals surface area (Å²) in [6.45, 7) is 2.06. The summed E-state index contributed by atoms with van der Waals surface area (Å²) >= 11 is 0. The number of benzene rings is 2. The third-order valence-electron chi connectivity index (χ3n) is 7.45. The van der Waals surface area contributed by atoms with Gasteiger partial charge >= 0.3 is 6.01 Å². The zero-order valence-corrected chi connectivity index (χ0v) is 19.4. The highest BCUT2D eigenvalue weighted by Gasteiger charge is 2.38. The van der Waals surface area contributed by atoms with Crippen LogP contribution in [0.1, 0.15) is 44.6 Å². The highest BCUT2D eigenvalue weighted by Crippen LogP contribution is 2.43. The number of nitrogens with zero attached hydrogens (tertiary/aromatic N) is 4. The van der Waals surface area contributed by atoms with Crippen LogP contribution in [-0.2, 0) is 6.42 Å². The Morgan fingerprint density at radius 2 is 1.91 bits per heavy atom. The van der Waals surface area contributed by atoms with Gasteiger partial charge in [-0.3, -0.25) is 4.98 Å². The monoisotopic (exact) mass is 458 g/mol. The molecule has 0 aliphatic carbocycles. The van der Waals surface area contributed by atoms with E-state index in [2.05, 4.69) is 26.8 Å². The molecule has 0 radical (unpaired) electrons. The summed E-state index contributed by atoms with van der Waals surface area (Å²) in [4.78, 5) is 16.0. The molecule has 7 heteroatoms. The van der Waals surface area contributed by atoms with Crippen LogP contribution < -0.4 is 9.64 Å².